The van der Waals surface area contributed by atoms with Crippen molar-refractivity contribution in [3.63, 3.8) is 0 Å². The molecule has 8 aromatic rings. The molecular formula is C61H47N. The van der Waals surface area contributed by atoms with Gasteiger partial charge in [0.2, 0.25) is 0 Å². The minimum absolute atomic E-state index is 0.341. The van der Waals surface area contributed by atoms with E-state index in [0.29, 0.717) is 11.8 Å². The molecule has 0 saturated carbocycles. The van der Waals surface area contributed by atoms with Crippen molar-refractivity contribution in [1.29, 1.82) is 0 Å². The van der Waals surface area contributed by atoms with Gasteiger partial charge in [0.05, 0.1) is 16.6 Å². The zero-order valence-electron chi connectivity index (χ0n) is 35.7. The molecule has 1 spiro atoms. The molecule has 4 unspecified atom stereocenters. The molecule has 1 aliphatic heterocycles. The fourth-order valence-electron chi connectivity index (χ4n) is 13.1. The van der Waals surface area contributed by atoms with E-state index in [1.807, 2.05) is 0 Å². The first-order chi connectivity index (χ1) is 30.3. The third-order valence-electron chi connectivity index (χ3n) is 15.5. The molecule has 8 aromatic carbocycles. The van der Waals surface area contributed by atoms with Gasteiger partial charge in [0, 0.05) is 16.7 Å². The highest BCUT2D eigenvalue weighted by molar-refractivity contribution is 6.13. The summed E-state index contributed by atoms with van der Waals surface area (Å²) >= 11 is 0. The summed E-state index contributed by atoms with van der Waals surface area (Å²) in [4.78, 5) is 2.77. The summed E-state index contributed by atoms with van der Waals surface area (Å²) in [5, 5.41) is 2.69. The van der Waals surface area contributed by atoms with E-state index in [4.69, 9.17) is 0 Å². The Morgan fingerprint density at radius 2 is 0.887 bits per heavy atom. The van der Waals surface area contributed by atoms with Crippen LogP contribution in [-0.4, -0.2) is 5.54 Å². The molecule has 4 aliphatic carbocycles. The van der Waals surface area contributed by atoms with Crippen molar-refractivity contribution in [1.82, 2.24) is 0 Å². The van der Waals surface area contributed by atoms with Crippen molar-refractivity contribution in [2.75, 3.05) is 4.90 Å². The normalized spacial score (nSPS) is 22.9. The van der Waals surface area contributed by atoms with Gasteiger partial charge in [-0.3, -0.25) is 0 Å². The van der Waals surface area contributed by atoms with Gasteiger partial charge in [0.25, 0.3) is 0 Å². The van der Waals surface area contributed by atoms with E-state index >= 15 is 0 Å². The maximum atomic E-state index is 2.77. The molecule has 0 bridgehead atoms. The smallest absolute Gasteiger partial charge is 0.0833 e. The standard InChI is InChI=1S/C61H47N/c1-38-34-36-59(3)56-48-21-9-8-20-47(48)55-54(49-22-12-15-25-52(49)61(55)50-23-13-10-18-45(50)46-19-11-14-24-51(46)61)57(56)62(60(4)37-35-39(2)53(38)58(59)60)44-32-30-43(31-33-44)42-28-26-41(27-29-42)40-16-6-5-7-17-40/h5-39H,1-4H3. The number of hydrogen-bond acceptors (Lipinski definition) is 1. The van der Waals surface area contributed by atoms with Crippen molar-refractivity contribution < 1.29 is 0 Å². The molecule has 13 rings (SSSR count). The van der Waals surface area contributed by atoms with Crippen LogP contribution in [-0.2, 0) is 10.8 Å². The van der Waals surface area contributed by atoms with Gasteiger partial charge >= 0.3 is 0 Å². The lowest BCUT2D eigenvalue weighted by molar-refractivity contribution is 0.462. The van der Waals surface area contributed by atoms with Gasteiger partial charge in [-0.15, -0.1) is 0 Å². The monoisotopic (exact) mass is 793 g/mol. The van der Waals surface area contributed by atoms with E-state index in [1.165, 1.54) is 100 Å². The minimum Gasteiger partial charge on any atom is -0.327 e. The number of rotatable bonds is 3. The van der Waals surface area contributed by atoms with Crippen LogP contribution >= 0.6 is 0 Å². The van der Waals surface area contributed by atoms with Gasteiger partial charge < -0.3 is 4.90 Å². The molecule has 0 fully saturated rings. The first-order valence-electron chi connectivity index (χ1n) is 22.4. The van der Waals surface area contributed by atoms with Gasteiger partial charge in [0.15, 0.2) is 0 Å². The molecule has 0 amide bonds. The highest BCUT2D eigenvalue weighted by atomic mass is 15.2. The van der Waals surface area contributed by atoms with E-state index < -0.39 is 11.0 Å². The second-order valence-corrected chi connectivity index (χ2v) is 18.7. The van der Waals surface area contributed by atoms with Crippen molar-refractivity contribution in [3.05, 3.63) is 239 Å². The van der Waals surface area contributed by atoms with E-state index in [2.05, 4.69) is 233 Å². The summed E-state index contributed by atoms with van der Waals surface area (Å²) < 4.78 is 0. The average Bonchev–Trinajstić information content (AvgIpc) is 3.80. The first kappa shape index (κ1) is 35.8. The maximum Gasteiger partial charge on any atom is 0.0833 e. The Morgan fingerprint density at radius 1 is 0.435 bits per heavy atom. The molecule has 62 heavy (non-hydrogen) atoms. The topological polar surface area (TPSA) is 3.24 Å². The number of benzene rings is 8. The zero-order valence-corrected chi connectivity index (χ0v) is 35.7. The van der Waals surface area contributed by atoms with Crippen LogP contribution in [0.3, 0.4) is 0 Å². The van der Waals surface area contributed by atoms with Gasteiger partial charge in [-0.25, -0.2) is 0 Å². The predicted molar refractivity (Wildman–Crippen MR) is 259 cm³/mol. The van der Waals surface area contributed by atoms with Crippen LogP contribution in [0.2, 0.25) is 0 Å². The summed E-state index contributed by atoms with van der Waals surface area (Å²) in [7, 11) is 0. The van der Waals surface area contributed by atoms with Gasteiger partial charge in [-0.2, -0.15) is 0 Å². The Morgan fingerprint density at radius 3 is 1.48 bits per heavy atom. The lowest BCUT2D eigenvalue weighted by Crippen LogP contribution is -2.56. The zero-order chi connectivity index (χ0) is 41.5. The summed E-state index contributed by atoms with van der Waals surface area (Å²) in [6.07, 6.45) is 10.1. The van der Waals surface area contributed by atoms with Crippen LogP contribution in [0.5, 0.6) is 0 Å². The number of fused-ring (bicyclic) bond motifs is 16. The lowest BCUT2D eigenvalue weighted by atomic mass is 9.54. The van der Waals surface area contributed by atoms with Crippen LogP contribution in [0.25, 0.3) is 55.3 Å². The van der Waals surface area contributed by atoms with Crippen LogP contribution in [0.4, 0.5) is 11.4 Å². The Kier molecular flexibility index (Phi) is 7.24. The summed E-state index contributed by atoms with van der Waals surface area (Å²) in [6, 6.07) is 66.4. The Bertz CT molecular complexity index is 3240. The summed E-state index contributed by atoms with van der Waals surface area (Å²) in [5.74, 6) is 0.691. The van der Waals surface area contributed by atoms with Crippen molar-refractivity contribution in [2.24, 2.45) is 11.8 Å². The molecule has 1 heteroatoms. The molecular weight excluding hydrogens is 747 g/mol. The molecule has 4 atom stereocenters. The van der Waals surface area contributed by atoms with Gasteiger partial charge in [-0.05, 0) is 121 Å². The molecule has 0 saturated heterocycles. The van der Waals surface area contributed by atoms with E-state index in [0.717, 1.165) is 0 Å². The molecule has 0 N–H and O–H groups in total. The Labute approximate surface area is 365 Å². The summed E-state index contributed by atoms with van der Waals surface area (Å²) in [6.45, 7) is 9.85. The number of anilines is 2. The molecule has 1 heterocycles. The quantitative estimate of drug-likeness (QED) is 0.161. The summed E-state index contributed by atoms with van der Waals surface area (Å²) in [5.41, 5.74) is 21.6. The van der Waals surface area contributed by atoms with Crippen LogP contribution in [0, 0.1) is 11.8 Å². The van der Waals surface area contributed by atoms with Crippen LogP contribution in [0.15, 0.2) is 211 Å². The highest BCUT2D eigenvalue weighted by Crippen LogP contribution is 2.70. The second-order valence-electron chi connectivity index (χ2n) is 18.7. The van der Waals surface area contributed by atoms with E-state index in [-0.39, 0.29) is 5.41 Å². The lowest BCUT2D eigenvalue weighted by Gasteiger charge is -2.59. The Balaban J connectivity index is 1.14. The second kappa shape index (κ2) is 12.6. The highest BCUT2D eigenvalue weighted by Gasteiger charge is 2.59. The SMILES string of the molecule is CC1C=CC2(C)C3=C1C(C)C=CC3(C)N(c1ccc(-c3ccc(-c4ccccc4)cc3)cc1)c1c3c(c4ccccc4c12)C1(c2ccccc2-c2ccccc21)c1ccccc1-3. The Hall–Kier alpha value is -6.96. The van der Waals surface area contributed by atoms with Crippen LogP contribution < -0.4 is 4.90 Å². The third kappa shape index (κ3) is 4.38. The van der Waals surface area contributed by atoms with Crippen molar-refractivity contribution >= 4 is 22.1 Å². The van der Waals surface area contributed by atoms with E-state index in [1.54, 1.807) is 5.57 Å². The molecule has 0 radical (unpaired) electrons. The molecule has 5 aliphatic rings. The van der Waals surface area contributed by atoms with Gasteiger partial charge in [0.1, 0.15) is 0 Å². The van der Waals surface area contributed by atoms with E-state index in [9.17, 15) is 0 Å². The average molecular weight is 794 g/mol. The maximum absolute atomic E-state index is 2.77. The van der Waals surface area contributed by atoms with Crippen LogP contribution in [0.1, 0.15) is 55.5 Å². The fourth-order valence-corrected chi connectivity index (χ4v) is 13.1. The molecule has 296 valence electrons. The first-order valence-corrected chi connectivity index (χ1v) is 22.4. The van der Waals surface area contributed by atoms with Gasteiger partial charge in [-0.1, -0.05) is 208 Å². The molecule has 1 nitrogen and oxygen atoms in total. The number of hydrogen-bond donors (Lipinski definition) is 0. The number of allylic oxidation sites excluding steroid dienone is 4. The fraction of sp³-hybridized carbons (Fsp3) is 0.148. The van der Waals surface area contributed by atoms with Crippen molar-refractivity contribution in [3.8, 4) is 44.5 Å². The molecule has 0 aromatic heterocycles. The largest absolute Gasteiger partial charge is 0.327 e. The minimum atomic E-state index is -0.480. The third-order valence-corrected chi connectivity index (χ3v) is 15.5. The van der Waals surface area contributed by atoms with Crippen molar-refractivity contribution in [2.45, 2.75) is 44.1 Å². The number of nitrogens with zero attached hydrogens (tertiary/aromatic N) is 1. The predicted octanol–water partition coefficient (Wildman–Crippen LogP) is 15.4.